The van der Waals surface area contributed by atoms with Crippen LogP contribution >= 0.6 is 0 Å². The van der Waals surface area contributed by atoms with Crippen LogP contribution in [-0.4, -0.2) is 69.2 Å². The van der Waals surface area contributed by atoms with Gasteiger partial charge in [-0.2, -0.15) is 0 Å². The van der Waals surface area contributed by atoms with E-state index in [0.29, 0.717) is 11.6 Å². The summed E-state index contributed by atoms with van der Waals surface area (Å²) < 4.78 is 16.5. The van der Waals surface area contributed by atoms with Crippen LogP contribution in [-0.2, 0) is 14.2 Å². The first-order chi connectivity index (χ1) is 13.1. The van der Waals surface area contributed by atoms with Crippen LogP contribution in [0.2, 0.25) is 0 Å². The summed E-state index contributed by atoms with van der Waals surface area (Å²) >= 11 is 0. The average molecular weight is 374 g/mol. The van der Waals surface area contributed by atoms with Crippen molar-refractivity contribution in [2.45, 2.75) is 44.4 Å². The summed E-state index contributed by atoms with van der Waals surface area (Å²) in [7, 11) is 1.42. The number of carbonyl (C=O) groups excluding carboxylic acids is 1. The molecule has 3 fully saturated rings. The van der Waals surface area contributed by atoms with Gasteiger partial charge in [-0.25, -0.2) is 4.79 Å². The molecule has 0 radical (unpaired) electrons. The molecule has 0 aliphatic carbocycles. The van der Waals surface area contributed by atoms with Crippen molar-refractivity contribution in [3.05, 3.63) is 29.3 Å². The lowest BCUT2D eigenvalue weighted by atomic mass is 9.96. The Labute approximate surface area is 161 Å². The Morgan fingerprint density at radius 1 is 1.11 bits per heavy atom. The Morgan fingerprint density at radius 2 is 1.78 bits per heavy atom. The number of aryl methyl sites for hydroxylation is 1. The summed E-state index contributed by atoms with van der Waals surface area (Å²) in [6.45, 7) is 7.69. The van der Waals surface area contributed by atoms with Gasteiger partial charge in [-0.05, 0) is 43.5 Å². The van der Waals surface area contributed by atoms with E-state index in [1.54, 1.807) is 0 Å². The molecule has 1 aromatic rings. The molecular formula is C21H30N2O4. The van der Waals surface area contributed by atoms with Crippen LogP contribution in [0, 0.1) is 6.92 Å². The lowest BCUT2D eigenvalue weighted by Gasteiger charge is -2.44. The SMILES string of the molecule is COC(=O)c1ccc(N2CCC(N3CCC4(CC3)OCCO4)CC2)cc1C. The zero-order valence-electron chi connectivity index (χ0n) is 16.4. The average Bonchev–Trinajstić information content (AvgIpc) is 3.16. The Hall–Kier alpha value is -1.63. The summed E-state index contributed by atoms with van der Waals surface area (Å²) in [6, 6.07) is 6.68. The van der Waals surface area contributed by atoms with Crippen LogP contribution in [0.1, 0.15) is 41.6 Å². The molecule has 3 heterocycles. The molecule has 148 valence electrons. The van der Waals surface area contributed by atoms with Gasteiger partial charge in [0.1, 0.15) is 0 Å². The van der Waals surface area contributed by atoms with Gasteiger partial charge in [-0.1, -0.05) is 0 Å². The van der Waals surface area contributed by atoms with Gasteiger partial charge >= 0.3 is 5.97 Å². The lowest BCUT2D eigenvalue weighted by molar-refractivity contribution is -0.188. The first kappa shape index (κ1) is 18.7. The summed E-state index contributed by atoms with van der Waals surface area (Å²) in [6.07, 6.45) is 4.32. The molecule has 1 aromatic carbocycles. The number of benzene rings is 1. The molecule has 3 saturated heterocycles. The summed E-state index contributed by atoms with van der Waals surface area (Å²) in [4.78, 5) is 16.8. The number of methoxy groups -OCH3 is 1. The van der Waals surface area contributed by atoms with Crippen LogP contribution in [0.25, 0.3) is 0 Å². The van der Waals surface area contributed by atoms with E-state index in [4.69, 9.17) is 14.2 Å². The van der Waals surface area contributed by atoms with Crippen LogP contribution in [0.5, 0.6) is 0 Å². The van der Waals surface area contributed by atoms with E-state index in [-0.39, 0.29) is 11.8 Å². The van der Waals surface area contributed by atoms with Gasteiger partial charge in [0.25, 0.3) is 0 Å². The number of hydrogen-bond acceptors (Lipinski definition) is 6. The molecule has 0 amide bonds. The first-order valence-corrected chi connectivity index (χ1v) is 10.1. The largest absolute Gasteiger partial charge is 0.465 e. The maximum atomic E-state index is 11.8. The van der Waals surface area contributed by atoms with Gasteiger partial charge < -0.3 is 19.1 Å². The second-order valence-electron chi connectivity index (χ2n) is 7.85. The van der Waals surface area contributed by atoms with Crippen molar-refractivity contribution >= 4 is 11.7 Å². The second kappa shape index (κ2) is 7.78. The second-order valence-corrected chi connectivity index (χ2v) is 7.85. The zero-order chi connectivity index (χ0) is 18.9. The molecule has 0 saturated carbocycles. The fraction of sp³-hybridized carbons (Fsp3) is 0.667. The molecule has 0 aromatic heterocycles. The van der Waals surface area contributed by atoms with Crippen molar-refractivity contribution in [1.82, 2.24) is 4.90 Å². The van der Waals surface area contributed by atoms with E-state index < -0.39 is 0 Å². The van der Waals surface area contributed by atoms with Gasteiger partial charge in [0.2, 0.25) is 0 Å². The predicted octanol–water partition coefficient (Wildman–Crippen LogP) is 2.59. The molecule has 0 unspecified atom stereocenters. The minimum atomic E-state index is -0.282. The Bertz CT molecular complexity index is 669. The third-order valence-corrected chi connectivity index (χ3v) is 6.33. The molecule has 0 bridgehead atoms. The number of nitrogens with zero attached hydrogens (tertiary/aromatic N) is 2. The van der Waals surface area contributed by atoms with Gasteiger partial charge in [-0.3, -0.25) is 4.90 Å². The van der Waals surface area contributed by atoms with Crippen LogP contribution in [0.4, 0.5) is 5.69 Å². The van der Waals surface area contributed by atoms with Gasteiger partial charge in [-0.15, -0.1) is 0 Å². The maximum absolute atomic E-state index is 11.8. The third kappa shape index (κ3) is 3.84. The van der Waals surface area contributed by atoms with Gasteiger partial charge in [0, 0.05) is 50.7 Å². The minimum absolute atomic E-state index is 0.268. The molecule has 3 aliphatic rings. The van der Waals surface area contributed by atoms with Crippen molar-refractivity contribution in [3.8, 4) is 0 Å². The number of anilines is 1. The molecular weight excluding hydrogens is 344 g/mol. The highest BCUT2D eigenvalue weighted by Crippen LogP contribution is 2.33. The predicted molar refractivity (Wildman–Crippen MR) is 103 cm³/mol. The molecule has 4 rings (SSSR count). The van der Waals surface area contributed by atoms with E-state index in [1.807, 2.05) is 19.1 Å². The van der Waals surface area contributed by atoms with E-state index in [1.165, 1.54) is 25.6 Å². The summed E-state index contributed by atoms with van der Waals surface area (Å²) in [5, 5.41) is 0. The normalized spacial score (nSPS) is 23.7. The van der Waals surface area contributed by atoms with E-state index in [0.717, 1.165) is 57.8 Å². The van der Waals surface area contributed by atoms with Crippen molar-refractivity contribution < 1.29 is 19.0 Å². The fourth-order valence-corrected chi connectivity index (χ4v) is 4.69. The molecule has 1 spiro atoms. The van der Waals surface area contributed by atoms with Crippen LogP contribution in [0.3, 0.4) is 0 Å². The molecule has 0 atom stereocenters. The molecule has 6 heteroatoms. The highest BCUT2D eigenvalue weighted by molar-refractivity contribution is 5.91. The number of piperidine rings is 2. The number of carbonyl (C=O) groups is 1. The molecule has 27 heavy (non-hydrogen) atoms. The third-order valence-electron chi connectivity index (χ3n) is 6.33. The van der Waals surface area contributed by atoms with Crippen molar-refractivity contribution in [2.24, 2.45) is 0 Å². The van der Waals surface area contributed by atoms with Gasteiger partial charge in [0.15, 0.2) is 5.79 Å². The standard InChI is InChI=1S/C21H30N2O4/c1-16-15-18(3-4-19(16)20(24)25-2)22-9-5-17(6-10-22)23-11-7-21(8-12-23)26-13-14-27-21/h3-4,15,17H,5-14H2,1-2H3. The summed E-state index contributed by atoms with van der Waals surface area (Å²) in [5.74, 6) is -0.549. The first-order valence-electron chi connectivity index (χ1n) is 10.1. The fourth-order valence-electron chi connectivity index (χ4n) is 4.69. The zero-order valence-corrected chi connectivity index (χ0v) is 16.4. The monoisotopic (exact) mass is 374 g/mol. The van der Waals surface area contributed by atoms with E-state index in [9.17, 15) is 4.79 Å². The van der Waals surface area contributed by atoms with Crippen LogP contribution < -0.4 is 4.90 Å². The Balaban J connectivity index is 1.31. The molecule has 6 nitrogen and oxygen atoms in total. The highest BCUT2D eigenvalue weighted by atomic mass is 16.7. The molecule has 0 N–H and O–H groups in total. The Kier molecular flexibility index (Phi) is 5.39. The van der Waals surface area contributed by atoms with Crippen molar-refractivity contribution in [1.29, 1.82) is 0 Å². The quantitative estimate of drug-likeness (QED) is 0.758. The van der Waals surface area contributed by atoms with E-state index >= 15 is 0 Å². The topological polar surface area (TPSA) is 51.2 Å². The molecule has 3 aliphatic heterocycles. The highest BCUT2D eigenvalue weighted by Gasteiger charge is 2.41. The van der Waals surface area contributed by atoms with Crippen molar-refractivity contribution in [3.63, 3.8) is 0 Å². The lowest BCUT2D eigenvalue weighted by Crippen LogP contribution is -2.52. The number of likely N-dealkylation sites (tertiary alicyclic amines) is 1. The van der Waals surface area contributed by atoms with E-state index in [2.05, 4.69) is 15.9 Å². The number of rotatable bonds is 3. The smallest absolute Gasteiger partial charge is 0.338 e. The Morgan fingerprint density at radius 3 is 2.37 bits per heavy atom. The maximum Gasteiger partial charge on any atom is 0.338 e. The van der Waals surface area contributed by atoms with Crippen LogP contribution in [0.15, 0.2) is 18.2 Å². The minimum Gasteiger partial charge on any atom is -0.465 e. The number of esters is 1. The summed E-state index contributed by atoms with van der Waals surface area (Å²) in [5.41, 5.74) is 2.82. The number of ether oxygens (including phenoxy) is 3. The van der Waals surface area contributed by atoms with Gasteiger partial charge in [0.05, 0.1) is 25.9 Å². The van der Waals surface area contributed by atoms with Crippen molar-refractivity contribution in [2.75, 3.05) is 51.4 Å². The number of hydrogen-bond donors (Lipinski definition) is 0.